The Morgan fingerprint density at radius 2 is 2.04 bits per heavy atom. The van der Waals surface area contributed by atoms with Crippen LogP contribution in [0.3, 0.4) is 0 Å². The first-order valence-electron chi connectivity index (χ1n) is 7.64. The molecule has 130 valence electrons. The normalized spacial score (nSPS) is 30.1. The van der Waals surface area contributed by atoms with Gasteiger partial charge >= 0.3 is 5.69 Å². The van der Waals surface area contributed by atoms with E-state index in [1.54, 1.807) is 0 Å². The number of hydrogen-bond acceptors (Lipinski definition) is 7. The fraction of sp³-hybridized carbons (Fsp3) is 0.533. The lowest BCUT2D eigenvalue weighted by Crippen LogP contribution is -2.45. The van der Waals surface area contributed by atoms with Gasteiger partial charge in [-0.15, -0.1) is 0 Å². The molecule has 3 rings (SSSR count). The van der Waals surface area contributed by atoms with E-state index in [-0.39, 0.29) is 11.2 Å². The average molecular weight is 337 g/mol. The van der Waals surface area contributed by atoms with E-state index in [9.17, 15) is 24.9 Å². The first-order chi connectivity index (χ1) is 11.3. The van der Waals surface area contributed by atoms with Gasteiger partial charge in [-0.2, -0.15) is 4.98 Å². The molecule has 3 heterocycles. The van der Waals surface area contributed by atoms with Crippen LogP contribution in [0.4, 0.5) is 0 Å². The average Bonchev–Trinajstić information content (AvgIpc) is 2.73. The predicted molar refractivity (Wildman–Crippen MR) is 83.3 cm³/mol. The lowest BCUT2D eigenvalue weighted by Gasteiger charge is -2.27. The zero-order valence-corrected chi connectivity index (χ0v) is 13.3. The summed E-state index contributed by atoms with van der Waals surface area (Å²) in [6.07, 6.45) is -2.41. The molecule has 1 unspecified atom stereocenters. The maximum absolute atomic E-state index is 12.4. The highest BCUT2D eigenvalue weighted by Gasteiger charge is 2.53. The molecule has 1 aliphatic heterocycles. The Morgan fingerprint density at radius 3 is 2.62 bits per heavy atom. The van der Waals surface area contributed by atoms with Gasteiger partial charge in [0.2, 0.25) is 0 Å². The third-order valence-corrected chi connectivity index (χ3v) is 4.22. The lowest BCUT2D eigenvalue weighted by atomic mass is 9.99. The van der Waals surface area contributed by atoms with E-state index >= 15 is 0 Å². The molecule has 0 aliphatic carbocycles. The van der Waals surface area contributed by atoms with Gasteiger partial charge in [-0.1, -0.05) is 6.92 Å². The van der Waals surface area contributed by atoms with E-state index in [2.05, 4.69) is 4.98 Å². The third-order valence-electron chi connectivity index (χ3n) is 4.22. The monoisotopic (exact) mass is 337 g/mol. The molecule has 2 aromatic heterocycles. The quantitative estimate of drug-likeness (QED) is 0.650. The Morgan fingerprint density at radius 1 is 1.33 bits per heavy atom. The second kappa shape index (κ2) is 5.78. The molecule has 0 amide bonds. The van der Waals surface area contributed by atoms with Crippen LogP contribution in [0.1, 0.15) is 26.5 Å². The standard InChI is InChI=1S/C15H19N3O6/c1-3-6-17-9(19)5-4-8-7-18(14(22)16-11(8)17)13-15(2,23)10(20)12(21)24-13/h4-5,7,10,12-13,20-21,23H,3,6H2,1-2H3/t10-,12?,13-,15-/m1/s1. The molecule has 0 saturated carbocycles. The van der Waals surface area contributed by atoms with Crippen LogP contribution >= 0.6 is 0 Å². The van der Waals surface area contributed by atoms with Gasteiger partial charge in [-0.05, 0) is 19.4 Å². The van der Waals surface area contributed by atoms with Gasteiger partial charge in [-0.3, -0.25) is 13.9 Å². The first kappa shape index (κ1) is 16.8. The van der Waals surface area contributed by atoms with Crippen molar-refractivity contribution in [3.63, 3.8) is 0 Å². The smallest absolute Gasteiger partial charge is 0.351 e. The van der Waals surface area contributed by atoms with Crippen LogP contribution in [0.5, 0.6) is 0 Å². The van der Waals surface area contributed by atoms with E-state index in [0.717, 1.165) is 4.57 Å². The minimum absolute atomic E-state index is 0.240. The number of aryl methyl sites for hydroxylation is 1. The molecule has 0 aromatic carbocycles. The molecule has 1 aliphatic rings. The second-order valence-corrected chi connectivity index (χ2v) is 6.08. The molecule has 0 spiro atoms. The summed E-state index contributed by atoms with van der Waals surface area (Å²) >= 11 is 0. The van der Waals surface area contributed by atoms with Crippen molar-refractivity contribution >= 4 is 11.0 Å². The SMILES string of the molecule is CCCn1c(=O)ccc2cn([C@@H]3OC(O)[C@@H](O)[C@@]3(C)O)c(=O)nc21. The van der Waals surface area contributed by atoms with Crippen LogP contribution in [-0.2, 0) is 11.3 Å². The van der Waals surface area contributed by atoms with Crippen molar-refractivity contribution in [2.24, 2.45) is 0 Å². The maximum atomic E-state index is 12.4. The van der Waals surface area contributed by atoms with Crippen LogP contribution in [0.2, 0.25) is 0 Å². The van der Waals surface area contributed by atoms with Crippen LogP contribution in [0, 0.1) is 0 Å². The maximum Gasteiger partial charge on any atom is 0.351 e. The summed E-state index contributed by atoms with van der Waals surface area (Å²) in [7, 11) is 0. The summed E-state index contributed by atoms with van der Waals surface area (Å²) in [5.74, 6) is 0. The minimum atomic E-state index is -1.88. The molecular formula is C15H19N3O6. The molecule has 1 fully saturated rings. The number of rotatable bonds is 3. The minimum Gasteiger partial charge on any atom is -0.385 e. The van der Waals surface area contributed by atoms with Gasteiger partial charge < -0.3 is 20.1 Å². The van der Waals surface area contributed by atoms with Crippen molar-refractivity contribution in [3.8, 4) is 0 Å². The van der Waals surface area contributed by atoms with Crippen LogP contribution in [0.25, 0.3) is 11.0 Å². The van der Waals surface area contributed by atoms with Gasteiger partial charge in [0.1, 0.15) is 17.4 Å². The van der Waals surface area contributed by atoms with E-state index in [4.69, 9.17) is 4.74 Å². The van der Waals surface area contributed by atoms with E-state index in [1.807, 2.05) is 6.92 Å². The molecule has 24 heavy (non-hydrogen) atoms. The van der Waals surface area contributed by atoms with Crippen molar-refractivity contribution in [1.82, 2.24) is 14.1 Å². The zero-order valence-electron chi connectivity index (χ0n) is 13.3. The largest absolute Gasteiger partial charge is 0.385 e. The predicted octanol–water partition coefficient (Wildman–Crippen LogP) is -1.07. The molecule has 0 radical (unpaired) electrons. The van der Waals surface area contributed by atoms with Crippen LogP contribution < -0.4 is 11.2 Å². The van der Waals surface area contributed by atoms with Gasteiger partial charge in [0.25, 0.3) is 5.56 Å². The Labute approximate surface area is 136 Å². The third kappa shape index (κ3) is 2.46. The molecule has 2 aromatic rings. The summed E-state index contributed by atoms with van der Waals surface area (Å²) < 4.78 is 7.52. The Kier molecular flexibility index (Phi) is 4.04. The molecule has 4 atom stereocenters. The highest BCUT2D eigenvalue weighted by Crippen LogP contribution is 2.36. The van der Waals surface area contributed by atoms with Crippen molar-refractivity contribution in [3.05, 3.63) is 39.2 Å². The fourth-order valence-corrected chi connectivity index (χ4v) is 2.90. The Bertz CT molecular complexity index is 887. The van der Waals surface area contributed by atoms with Gasteiger partial charge in [-0.25, -0.2) is 4.79 Å². The number of pyridine rings is 1. The lowest BCUT2D eigenvalue weighted by molar-refractivity contribution is -0.143. The molecule has 0 bridgehead atoms. The van der Waals surface area contributed by atoms with E-state index < -0.39 is 29.9 Å². The first-order valence-corrected chi connectivity index (χ1v) is 7.64. The summed E-state index contributed by atoms with van der Waals surface area (Å²) in [6.45, 7) is 3.58. The number of aromatic nitrogens is 3. The number of hydrogen-bond donors (Lipinski definition) is 3. The summed E-state index contributed by atoms with van der Waals surface area (Å²) in [6, 6.07) is 2.88. The number of fused-ring (bicyclic) bond motifs is 1. The highest BCUT2D eigenvalue weighted by molar-refractivity contribution is 5.73. The van der Waals surface area contributed by atoms with Crippen molar-refractivity contribution in [2.45, 2.75) is 51.0 Å². The Balaban J connectivity index is 2.19. The second-order valence-electron chi connectivity index (χ2n) is 6.08. The molecule has 9 heteroatoms. The van der Waals surface area contributed by atoms with Gasteiger partial charge in [0.15, 0.2) is 12.5 Å². The van der Waals surface area contributed by atoms with Gasteiger partial charge in [0.05, 0.1) is 0 Å². The fourth-order valence-electron chi connectivity index (χ4n) is 2.90. The van der Waals surface area contributed by atoms with E-state index in [1.165, 1.54) is 29.8 Å². The molecule has 9 nitrogen and oxygen atoms in total. The molecular weight excluding hydrogens is 318 g/mol. The van der Waals surface area contributed by atoms with Crippen LogP contribution in [0.15, 0.2) is 27.9 Å². The van der Waals surface area contributed by atoms with Crippen molar-refractivity contribution in [1.29, 1.82) is 0 Å². The van der Waals surface area contributed by atoms with Crippen molar-refractivity contribution < 1.29 is 20.1 Å². The summed E-state index contributed by atoms with van der Waals surface area (Å²) in [5.41, 5.74) is -2.66. The zero-order chi connectivity index (χ0) is 17.6. The van der Waals surface area contributed by atoms with Crippen LogP contribution in [-0.4, -0.2) is 47.4 Å². The molecule has 3 N–H and O–H groups in total. The topological polar surface area (TPSA) is 127 Å². The van der Waals surface area contributed by atoms with Gasteiger partial charge in [0, 0.05) is 24.2 Å². The van der Waals surface area contributed by atoms with Crippen molar-refractivity contribution in [2.75, 3.05) is 0 Å². The summed E-state index contributed by atoms with van der Waals surface area (Å²) in [4.78, 5) is 28.3. The van der Waals surface area contributed by atoms with E-state index in [0.29, 0.717) is 18.4 Å². The summed E-state index contributed by atoms with van der Waals surface area (Å²) in [5, 5.41) is 30.3. The Hall–Kier alpha value is -2.07. The highest BCUT2D eigenvalue weighted by atomic mass is 16.7. The number of aliphatic hydroxyl groups excluding tert-OH is 2. The number of aliphatic hydroxyl groups is 3. The molecule has 1 saturated heterocycles. The number of nitrogens with zero attached hydrogens (tertiary/aromatic N) is 3. The number of ether oxygens (including phenoxy) is 1.